The molecule has 0 spiro atoms. The smallest absolute Gasteiger partial charge is 0.259 e. The van der Waals surface area contributed by atoms with E-state index >= 15 is 0 Å². The summed E-state index contributed by atoms with van der Waals surface area (Å²) < 4.78 is 8.95. The van der Waals surface area contributed by atoms with E-state index in [2.05, 4.69) is 20.6 Å². The van der Waals surface area contributed by atoms with Crippen LogP contribution in [0.15, 0.2) is 97.1 Å². The lowest BCUT2D eigenvalue weighted by Crippen LogP contribution is -2.31. The van der Waals surface area contributed by atoms with Gasteiger partial charge < -0.3 is 4.74 Å². The van der Waals surface area contributed by atoms with E-state index in [0.29, 0.717) is 44.9 Å². The summed E-state index contributed by atoms with van der Waals surface area (Å²) in [6, 6.07) is 26.2. The number of amides is 4. The number of hydrogen-bond acceptors (Lipinski definition) is 9. The largest absolute Gasteiger partial charge is 0.457 e. The van der Waals surface area contributed by atoms with Crippen molar-refractivity contribution < 1.29 is 23.9 Å². The Morgan fingerprint density at radius 1 is 0.533 bits per heavy atom. The molecule has 4 aromatic carbocycles. The summed E-state index contributed by atoms with van der Waals surface area (Å²) in [6.07, 6.45) is -0.0377. The van der Waals surface area contributed by atoms with Gasteiger partial charge in [-0.25, -0.2) is 19.2 Å². The SMILES string of the molecule is O=C1CC(n2nnc3ccccc32)C(=O)N1c1ccc(Oc2ccc(N3C(=O)CC(n4nnc5ccccc54)C3=O)cc2)cc1. The highest BCUT2D eigenvalue weighted by Gasteiger charge is 2.43. The van der Waals surface area contributed by atoms with Crippen LogP contribution in [0.2, 0.25) is 0 Å². The van der Waals surface area contributed by atoms with Gasteiger partial charge in [-0.05, 0) is 72.8 Å². The number of carbonyl (C=O) groups excluding carboxylic acids is 4. The Morgan fingerprint density at radius 2 is 0.933 bits per heavy atom. The van der Waals surface area contributed by atoms with Crippen molar-refractivity contribution in [2.75, 3.05) is 9.80 Å². The fourth-order valence-corrected chi connectivity index (χ4v) is 5.85. The Hall–Kier alpha value is -6.24. The van der Waals surface area contributed by atoms with Crippen molar-refractivity contribution in [2.45, 2.75) is 24.9 Å². The number of hydrogen-bond donors (Lipinski definition) is 0. The molecule has 2 aliphatic rings. The minimum absolute atomic E-state index is 0.0189. The lowest BCUT2D eigenvalue weighted by molar-refractivity contribution is -0.123. The van der Waals surface area contributed by atoms with Crippen LogP contribution in [0.5, 0.6) is 11.5 Å². The molecular formula is C32H22N8O5. The van der Waals surface area contributed by atoms with Gasteiger partial charge in [0, 0.05) is 0 Å². The topological polar surface area (TPSA) is 145 Å². The Balaban J connectivity index is 0.958. The van der Waals surface area contributed by atoms with Crippen LogP contribution in [-0.4, -0.2) is 53.6 Å². The van der Waals surface area contributed by atoms with Crippen LogP contribution in [0.1, 0.15) is 24.9 Å². The summed E-state index contributed by atoms with van der Waals surface area (Å²) in [5.74, 6) is -0.500. The van der Waals surface area contributed by atoms with Crippen molar-refractivity contribution in [3.05, 3.63) is 97.1 Å². The number of ether oxygens (including phenoxy) is 1. The normalized spacial score (nSPS) is 18.6. The lowest BCUT2D eigenvalue weighted by atomic mass is 10.2. The first-order valence-electron chi connectivity index (χ1n) is 14.2. The Morgan fingerprint density at radius 3 is 1.36 bits per heavy atom. The van der Waals surface area contributed by atoms with Crippen molar-refractivity contribution in [2.24, 2.45) is 0 Å². The molecule has 0 bridgehead atoms. The first kappa shape index (κ1) is 26.4. The van der Waals surface area contributed by atoms with Crippen molar-refractivity contribution in [3.8, 4) is 11.5 Å². The first-order chi connectivity index (χ1) is 22.0. The number of imide groups is 2. The third-order valence-corrected chi connectivity index (χ3v) is 8.02. The van der Waals surface area contributed by atoms with Crippen molar-refractivity contribution >= 4 is 57.1 Å². The number of anilines is 2. The third kappa shape index (κ3) is 4.32. The molecule has 0 N–H and O–H groups in total. The zero-order chi connectivity index (χ0) is 30.7. The quantitative estimate of drug-likeness (QED) is 0.260. The van der Waals surface area contributed by atoms with Gasteiger partial charge in [-0.1, -0.05) is 34.7 Å². The number of rotatable bonds is 6. The highest BCUT2D eigenvalue weighted by atomic mass is 16.5. The first-order valence-corrected chi connectivity index (χ1v) is 14.2. The van der Waals surface area contributed by atoms with E-state index in [9.17, 15) is 19.2 Å². The molecule has 220 valence electrons. The zero-order valence-electron chi connectivity index (χ0n) is 23.4. The molecule has 13 heteroatoms. The Bertz CT molecular complexity index is 2000. The summed E-state index contributed by atoms with van der Waals surface area (Å²) in [4.78, 5) is 54.7. The highest BCUT2D eigenvalue weighted by Crippen LogP contribution is 2.35. The summed E-state index contributed by atoms with van der Waals surface area (Å²) in [7, 11) is 0. The molecule has 13 nitrogen and oxygen atoms in total. The molecule has 0 saturated carbocycles. The number of benzene rings is 4. The van der Waals surface area contributed by atoms with Crippen LogP contribution in [0.4, 0.5) is 11.4 Å². The summed E-state index contributed by atoms with van der Waals surface area (Å²) in [6.45, 7) is 0. The second-order valence-electron chi connectivity index (χ2n) is 10.7. The number of fused-ring (bicyclic) bond motifs is 2. The van der Waals surface area contributed by atoms with E-state index in [1.54, 1.807) is 60.7 Å². The molecule has 2 saturated heterocycles. The van der Waals surface area contributed by atoms with Gasteiger partial charge in [0.25, 0.3) is 11.8 Å². The average molecular weight is 599 g/mol. The van der Waals surface area contributed by atoms with Crippen molar-refractivity contribution in [1.82, 2.24) is 30.0 Å². The Kier molecular flexibility index (Phi) is 5.98. The predicted molar refractivity (Wildman–Crippen MR) is 160 cm³/mol. The minimum atomic E-state index is -0.778. The maximum Gasteiger partial charge on any atom is 0.259 e. The molecule has 2 fully saturated rings. The van der Waals surface area contributed by atoms with Crippen LogP contribution in [0.25, 0.3) is 22.1 Å². The van der Waals surface area contributed by atoms with Gasteiger partial charge >= 0.3 is 0 Å². The number of aromatic nitrogens is 6. The van der Waals surface area contributed by atoms with E-state index in [-0.39, 0.29) is 36.5 Å². The summed E-state index contributed by atoms with van der Waals surface area (Å²) in [5, 5.41) is 16.4. The molecule has 2 aliphatic heterocycles. The van der Waals surface area contributed by atoms with Crippen molar-refractivity contribution in [3.63, 3.8) is 0 Å². The van der Waals surface area contributed by atoms with E-state index in [0.717, 1.165) is 9.80 Å². The molecule has 4 amide bonds. The highest BCUT2D eigenvalue weighted by molar-refractivity contribution is 6.22. The monoisotopic (exact) mass is 598 g/mol. The van der Waals surface area contributed by atoms with Crippen LogP contribution < -0.4 is 14.5 Å². The molecule has 4 heterocycles. The lowest BCUT2D eigenvalue weighted by Gasteiger charge is -2.17. The van der Waals surface area contributed by atoms with Crippen molar-refractivity contribution in [1.29, 1.82) is 0 Å². The number of carbonyl (C=O) groups is 4. The second-order valence-corrected chi connectivity index (χ2v) is 10.7. The van der Waals surface area contributed by atoms with E-state index in [1.807, 2.05) is 36.4 Å². The zero-order valence-corrected chi connectivity index (χ0v) is 23.4. The van der Waals surface area contributed by atoms with Gasteiger partial charge in [0.1, 0.15) is 34.6 Å². The van der Waals surface area contributed by atoms with Gasteiger partial charge in [0.2, 0.25) is 11.8 Å². The molecule has 45 heavy (non-hydrogen) atoms. The third-order valence-electron chi connectivity index (χ3n) is 8.02. The van der Waals surface area contributed by atoms with E-state index in [4.69, 9.17) is 4.74 Å². The van der Waals surface area contributed by atoms with E-state index < -0.39 is 12.1 Å². The average Bonchev–Trinajstić information content (AvgIpc) is 3.81. The molecule has 0 aliphatic carbocycles. The van der Waals surface area contributed by atoms with Gasteiger partial charge in [-0.15, -0.1) is 10.2 Å². The number of para-hydroxylation sites is 2. The van der Waals surface area contributed by atoms with Gasteiger partial charge in [-0.3, -0.25) is 19.2 Å². The molecule has 2 atom stereocenters. The molecule has 2 aromatic heterocycles. The maximum absolute atomic E-state index is 13.3. The second kappa shape index (κ2) is 10.2. The van der Waals surface area contributed by atoms with Gasteiger partial charge in [0.05, 0.1) is 35.2 Å². The number of nitrogens with zero attached hydrogens (tertiary/aromatic N) is 8. The van der Waals surface area contributed by atoms with Crippen LogP contribution in [0, 0.1) is 0 Å². The molecule has 6 aromatic rings. The van der Waals surface area contributed by atoms with Crippen LogP contribution in [0.3, 0.4) is 0 Å². The minimum Gasteiger partial charge on any atom is -0.457 e. The molecule has 2 unspecified atom stereocenters. The maximum atomic E-state index is 13.3. The fraction of sp³-hybridized carbons (Fsp3) is 0.125. The van der Waals surface area contributed by atoms with E-state index in [1.165, 1.54) is 9.36 Å². The standard InChI is InChI=1S/C32H22N8O5/c41-29-17-27(39-25-7-3-1-5-23(25)33-35-39)31(43)37(29)19-9-13-21(14-10-19)45-22-15-11-20(12-16-22)38-30(42)18-28(32(38)44)40-26-8-4-2-6-24(26)34-36-40/h1-16,27-28H,17-18H2. The molecular weight excluding hydrogens is 576 g/mol. The fourth-order valence-electron chi connectivity index (χ4n) is 5.85. The summed E-state index contributed by atoms with van der Waals surface area (Å²) in [5.41, 5.74) is 3.49. The van der Waals surface area contributed by atoms with Crippen LogP contribution in [-0.2, 0) is 19.2 Å². The molecule has 8 rings (SSSR count). The van der Waals surface area contributed by atoms with Gasteiger partial charge in [0.15, 0.2) is 0 Å². The van der Waals surface area contributed by atoms with Crippen LogP contribution >= 0.6 is 0 Å². The summed E-state index contributed by atoms with van der Waals surface area (Å²) >= 11 is 0. The molecule has 0 radical (unpaired) electrons. The predicted octanol–water partition coefficient (Wildman–Crippen LogP) is 3.98. The van der Waals surface area contributed by atoms with Gasteiger partial charge in [-0.2, -0.15) is 0 Å². The Labute approximate surface area is 254 Å².